The molecule has 0 fully saturated rings. The van der Waals surface area contributed by atoms with Gasteiger partial charge < -0.3 is 0 Å². The molecule has 0 aliphatic heterocycles. The smallest absolute Gasteiger partial charge is 0.0325 e. The van der Waals surface area contributed by atoms with Crippen molar-refractivity contribution in [2.75, 3.05) is 0 Å². The third-order valence-corrected chi connectivity index (χ3v) is 2.15. The van der Waals surface area contributed by atoms with E-state index < -0.39 is 0 Å². The fourth-order valence-corrected chi connectivity index (χ4v) is 1.27. The summed E-state index contributed by atoms with van der Waals surface area (Å²) in [5.74, 6) is 0.832. The minimum Gasteiger partial charge on any atom is -0.0888 e. The first-order valence-electron chi connectivity index (χ1n) is 5.45. The Morgan fingerprint density at radius 1 is 1.23 bits per heavy atom. The van der Waals surface area contributed by atoms with E-state index in [9.17, 15) is 0 Å². The van der Waals surface area contributed by atoms with Gasteiger partial charge in [-0.1, -0.05) is 37.6 Å². The van der Waals surface area contributed by atoms with E-state index in [1.165, 1.54) is 31.3 Å². The maximum absolute atomic E-state index is 2.33. The minimum absolute atomic E-state index is 0.832. The molecular formula is C13H24. The lowest BCUT2D eigenvalue weighted by Gasteiger charge is -2.05. The molecule has 0 aromatic heterocycles. The maximum Gasteiger partial charge on any atom is -0.0325 e. The zero-order chi connectivity index (χ0) is 10.1. The third kappa shape index (κ3) is 9.39. The number of allylic oxidation sites excluding steroid dienone is 4. The van der Waals surface area contributed by atoms with Gasteiger partial charge >= 0.3 is 0 Å². The Labute approximate surface area is 83.7 Å². The summed E-state index contributed by atoms with van der Waals surface area (Å²) in [6.45, 7) is 8.85. The second-order valence-electron chi connectivity index (χ2n) is 4.08. The van der Waals surface area contributed by atoms with Crippen LogP contribution in [0.15, 0.2) is 23.8 Å². The highest BCUT2D eigenvalue weighted by Gasteiger charge is 1.96. The monoisotopic (exact) mass is 180 g/mol. The lowest BCUT2D eigenvalue weighted by atomic mass is 10.0. The molecule has 0 spiro atoms. The van der Waals surface area contributed by atoms with Crippen LogP contribution in [-0.2, 0) is 0 Å². The SMILES string of the molecule is CC/C=C/C[C@H](C)CCC=C(C)C. The summed E-state index contributed by atoms with van der Waals surface area (Å²) in [6.07, 6.45) is 11.9. The summed E-state index contributed by atoms with van der Waals surface area (Å²) in [4.78, 5) is 0. The van der Waals surface area contributed by atoms with Crippen molar-refractivity contribution in [3.63, 3.8) is 0 Å². The van der Waals surface area contributed by atoms with Crippen LogP contribution in [-0.4, -0.2) is 0 Å². The van der Waals surface area contributed by atoms with Gasteiger partial charge in [0.05, 0.1) is 0 Å². The van der Waals surface area contributed by atoms with Crippen molar-refractivity contribution in [1.29, 1.82) is 0 Å². The summed E-state index contributed by atoms with van der Waals surface area (Å²) in [6, 6.07) is 0. The first kappa shape index (κ1) is 12.5. The Hall–Kier alpha value is -0.520. The first-order valence-corrected chi connectivity index (χ1v) is 5.45. The van der Waals surface area contributed by atoms with Crippen molar-refractivity contribution in [2.24, 2.45) is 5.92 Å². The molecule has 0 heterocycles. The van der Waals surface area contributed by atoms with Gasteiger partial charge in [0.1, 0.15) is 0 Å². The number of hydrogen-bond donors (Lipinski definition) is 0. The van der Waals surface area contributed by atoms with Gasteiger partial charge in [0.25, 0.3) is 0 Å². The molecule has 0 nitrogen and oxygen atoms in total. The summed E-state index contributed by atoms with van der Waals surface area (Å²) >= 11 is 0. The average Bonchev–Trinajstić information content (AvgIpc) is 2.04. The number of rotatable bonds is 6. The van der Waals surface area contributed by atoms with Crippen molar-refractivity contribution in [2.45, 2.75) is 53.4 Å². The molecule has 0 saturated heterocycles. The number of hydrogen-bond acceptors (Lipinski definition) is 0. The lowest BCUT2D eigenvalue weighted by Crippen LogP contribution is -1.91. The van der Waals surface area contributed by atoms with Crippen LogP contribution in [0.25, 0.3) is 0 Å². The van der Waals surface area contributed by atoms with Crippen LogP contribution in [0, 0.1) is 5.92 Å². The third-order valence-electron chi connectivity index (χ3n) is 2.15. The highest BCUT2D eigenvalue weighted by atomic mass is 14.0. The fraction of sp³-hybridized carbons (Fsp3) is 0.692. The van der Waals surface area contributed by atoms with Crippen LogP contribution in [0.2, 0.25) is 0 Å². The van der Waals surface area contributed by atoms with Crippen molar-refractivity contribution in [1.82, 2.24) is 0 Å². The minimum atomic E-state index is 0.832. The van der Waals surface area contributed by atoms with Crippen molar-refractivity contribution >= 4 is 0 Å². The molecule has 0 aliphatic carbocycles. The standard InChI is InChI=1S/C13H24/c1-5-6-7-10-13(4)11-8-9-12(2)3/h6-7,9,13H,5,8,10-11H2,1-4H3/b7-6+/t13-/m0/s1. The molecule has 13 heavy (non-hydrogen) atoms. The largest absolute Gasteiger partial charge is 0.0888 e. The predicted molar refractivity (Wildman–Crippen MR) is 61.9 cm³/mol. The van der Waals surface area contributed by atoms with Crippen molar-refractivity contribution < 1.29 is 0 Å². The molecule has 0 bridgehead atoms. The fourth-order valence-electron chi connectivity index (χ4n) is 1.27. The quantitative estimate of drug-likeness (QED) is 0.519. The predicted octanol–water partition coefficient (Wildman–Crippen LogP) is 4.73. The van der Waals surface area contributed by atoms with Crippen molar-refractivity contribution in [3.8, 4) is 0 Å². The summed E-state index contributed by atoms with van der Waals surface area (Å²) in [5.41, 5.74) is 1.44. The van der Waals surface area contributed by atoms with E-state index in [0.717, 1.165) is 5.92 Å². The highest BCUT2D eigenvalue weighted by molar-refractivity contribution is 4.93. The summed E-state index contributed by atoms with van der Waals surface area (Å²) < 4.78 is 0. The van der Waals surface area contributed by atoms with Crippen LogP contribution in [0.4, 0.5) is 0 Å². The van der Waals surface area contributed by atoms with E-state index in [-0.39, 0.29) is 0 Å². The molecular weight excluding hydrogens is 156 g/mol. The van der Waals surface area contributed by atoms with Gasteiger partial charge in [0, 0.05) is 0 Å². The molecule has 0 N–H and O–H groups in total. The molecule has 0 saturated carbocycles. The van der Waals surface area contributed by atoms with Crippen LogP contribution in [0.5, 0.6) is 0 Å². The average molecular weight is 180 g/mol. The lowest BCUT2D eigenvalue weighted by molar-refractivity contribution is 0.545. The Kier molecular flexibility index (Phi) is 7.77. The van der Waals surface area contributed by atoms with Gasteiger partial charge in [-0.3, -0.25) is 0 Å². The molecule has 0 unspecified atom stereocenters. The molecule has 0 aromatic carbocycles. The second-order valence-corrected chi connectivity index (χ2v) is 4.08. The molecule has 0 amide bonds. The molecule has 0 aliphatic rings. The van der Waals surface area contributed by atoms with Gasteiger partial charge in [0.15, 0.2) is 0 Å². The first-order chi connectivity index (χ1) is 6.16. The van der Waals surface area contributed by atoms with E-state index in [1.807, 2.05) is 0 Å². The summed E-state index contributed by atoms with van der Waals surface area (Å²) in [7, 11) is 0. The van der Waals surface area contributed by atoms with E-state index in [2.05, 4.69) is 45.9 Å². The Bertz CT molecular complexity index is 159. The van der Waals surface area contributed by atoms with E-state index in [1.54, 1.807) is 0 Å². The van der Waals surface area contributed by atoms with E-state index in [4.69, 9.17) is 0 Å². The molecule has 0 radical (unpaired) electrons. The maximum atomic E-state index is 2.33. The van der Waals surface area contributed by atoms with E-state index in [0.29, 0.717) is 0 Å². The highest BCUT2D eigenvalue weighted by Crippen LogP contribution is 2.12. The van der Waals surface area contributed by atoms with Gasteiger partial charge in [-0.05, 0) is 45.4 Å². The zero-order valence-corrected chi connectivity index (χ0v) is 9.64. The molecule has 0 aromatic rings. The Balaban J connectivity index is 3.46. The molecule has 1 atom stereocenters. The Morgan fingerprint density at radius 2 is 1.92 bits per heavy atom. The second kappa shape index (κ2) is 8.10. The van der Waals surface area contributed by atoms with Gasteiger partial charge in [0.2, 0.25) is 0 Å². The zero-order valence-electron chi connectivity index (χ0n) is 9.64. The topological polar surface area (TPSA) is 0 Å². The van der Waals surface area contributed by atoms with Gasteiger partial charge in [-0.2, -0.15) is 0 Å². The van der Waals surface area contributed by atoms with Gasteiger partial charge in [-0.15, -0.1) is 0 Å². The van der Waals surface area contributed by atoms with E-state index >= 15 is 0 Å². The Morgan fingerprint density at radius 3 is 2.46 bits per heavy atom. The summed E-state index contributed by atoms with van der Waals surface area (Å²) in [5, 5.41) is 0. The van der Waals surface area contributed by atoms with Gasteiger partial charge in [-0.25, -0.2) is 0 Å². The normalized spacial score (nSPS) is 13.2. The van der Waals surface area contributed by atoms with Crippen LogP contribution >= 0.6 is 0 Å². The van der Waals surface area contributed by atoms with Crippen LogP contribution < -0.4 is 0 Å². The van der Waals surface area contributed by atoms with Crippen molar-refractivity contribution in [3.05, 3.63) is 23.8 Å². The molecule has 0 rings (SSSR count). The molecule has 0 heteroatoms. The molecule has 76 valence electrons. The van der Waals surface area contributed by atoms with Crippen LogP contribution in [0.1, 0.15) is 53.4 Å². The van der Waals surface area contributed by atoms with Crippen LogP contribution in [0.3, 0.4) is 0 Å².